The minimum absolute atomic E-state index is 0.0169. The second-order valence-electron chi connectivity index (χ2n) is 19.4. The number of phosphoric acid groups is 1. The summed E-state index contributed by atoms with van der Waals surface area (Å²) in [5.41, 5.74) is 0. The van der Waals surface area contributed by atoms with E-state index in [4.69, 9.17) is 9.05 Å². The number of amides is 1. The third kappa shape index (κ3) is 45.6. The number of unbranched alkanes of at least 4 members (excludes halogenated alkanes) is 28. The number of carbonyl (C=O) groups is 1. The van der Waals surface area contributed by atoms with E-state index in [1.165, 1.54) is 167 Å². The molecule has 372 valence electrons. The van der Waals surface area contributed by atoms with Crippen molar-refractivity contribution in [3.8, 4) is 0 Å². The lowest BCUT2D eigenvalue weighted by atomic mass is 10.0. The molecule has 9 nitrogen and oxygen atoms in total. The van der Waals surface area contributed by atoms with E-state index >= 15 is 0 Å². The fourth-order valence-electron chi connectivity index (χ4n) is 7.70. The van der Waals surface area contributed by atoms with Gasteiger partial charge < -0.3 is 24.9 Å². The van der Waals surface area contributed by atoms with Crippen LogP contribution in [0.2, 0.25) is 0 Å². The Morgan fingerprint density at radius 2 is 0.937 bits per heavy atom. The third-order valence-electron chi connectivity index (χ3n) is 12.0. The molecule has 0 aromatic heterocycles. The SMILES string of the molecule is CCCCCCC/C=C\C/C=C\CCCCCCCCCCCCCCCCCC(=O)NC(COP(=O)(O)OCC[N+](C)(C)C)C(O)C(O)CCC/C=C/CCCCCCCCC. The molecular weight excluding hydrogens is 808 g/mol. The lowest BCUT2D eigenvalue weighted by Gasteiger charge is -2.28. The smallest absolute Gasteiger partial charge is 0.390 e. The second-order valence-corrected chi connectivity index (χ2v) is 20.8. The van der Waals surface area contributed by atoms with Gasteiger partial charge in [-0.2, -0.15) is 0 Å². The van der Waals surface area contributed by atoms with Crippen LogP contribution in [0, 0.1) is 0 Å². The van der Waals surface area contributed by atoms with Gasteiger partial charge in [0.1, 0.15) is 19.3 Å². The van der Waals surface area contributed by atoms with Gasteiger partial charge >= 0.3 is 7.82 Å². The number of hydrogen-bond acceptors (Lipinski definition) is 6. The first-order valence-corrected chi connectivity index (χ1v) is 27.9. The van der Waals surface area contributed by atoms with Crippen LogP contribution in [0.3, 0.4) is 0 Å². The molecule has 0 spiro atoms. The van der Waals surface area contributed by atoms with E-state index in [0.29, 0.717) is 23.9 Å². The molecule has 1 amide bonds. The zero-order valence-corrected chi connectivity index (χ0v) is 42.8. The van der Waals surface area contributed by atoms with Crippen molar-refractivity contribution in [3.05, 3.63) is 36.5 Å². The Hall–Kier alpha value is -1.32. The Morgan fingerprint density at radius 3 is 1.37 bits per heavy atom. The molecule has 4 atom stereocenters. The summed E-state index contributed by atoms with van der Waals surface area (Å²) in [6.07, 6.45) is 52.3. The minimum atomic E-state index is -4.42. The van der Waals surface area contributed by atoms with Crippen molar-refractivity contribution in [3.63, 3.8) is 0 Å². The van der Waals surface area contributed by atoms with Gasteiger partial charge in [-0.1, -0.05) is 198 Å². The fraction of sp³-hybridized carbons (Fsp3) is 0.868. The van der Waals surface area contributed by atoms with Crippen molar-refractivity contribution >= 4 is 13.7 Å². The number of aliphatic hydroxyl groups is 2. The molecule has 4 N–H and O–H groups in total. The van der Waals surface area contributed by atoms with E-state index in [-0.39, 0.29) is 18.9 Å². The largest absolute Gasteiger partial charge is 0.472 e. The van der Waals surface area contributed by atoms with Gasteiger partial charge in [0.2, 0.25) is 5.91 Å². The predicted octanol–water partition coefficient (Wildman–Crippen LogP) is 14.4. The number of likely N-dealkylation sites (N-methyl/N-ethyl adjacent to an activating group) is 1. The second kappa shape index (κ2) is 44.5. The summed E-state index contributed by atoms with van der Waals surface area (Å²) in [4.78, 5) is 23.3. The Balaban J connectivity index is 4.23. The highest BCUT2D eigenvalue weighted by Crippen LogP contribution is 2.43. The number of aliphatic hydroxyl groups excluding tert-OH is 2. The highest BCUT2D eigenvalue weighted by molar-refractivity contribution is 7.47. The molecule has 0 aromatic rings. The number of hydrogen-bond donors (Lipinski definition) is 4. The molecule has 0 saturated carbocycles. The molecule has 0 saturated heterocycles. The highest BCUT2D eigenvalue weighted by Gasteiger charge is 2.31. The van der Waals surface area contributed by atoms with E-state index in [9.17, 15) is 24.5 Å². The van der Waals surface area contributed by atoms with Crippen LogP contribution in [0.25, 0.3) is 0 Å². The average molecular weight is 912 g/mol. The summed E-state index contributed by atoms with van der Waals surface area (Å²) in [6.45, 7) is 4.58. The molecule has 0 heterocycles. The monoisotopic (exact) mass is 912 g/mol. The van der Waals surface area contributed by atoms with Gasteiger partial charge in [0.15, 0.2) is 0 Å². The van der Waals surface area contributed by atoms with Crippen molar-refractivity contribution in [2.45, 2.75) is 257 Å². The summed E-state index contributed by atoms with van der Waals surface area (Å²) < 4.78 is 23.6. The average Bonchev–Trinajstić information content (AvgIpc) is 3.24. The molecule has 0 aliphatic rings. The highest BCUT2D eigenvalue weighted by atomic mass is 31.2. The Bertz CT molecular complexity index is 1140. The van der Waals surface area contributed by atoms with E-state index in [1.54, 1.807) is 0 Å². The summed E-state index contributed by atoms with van der Waals surface area (Å²) in [7, 11) is 1.42. The first-order valence-electron chi connectivity index (χ1n) is 26.4. The number of carbonyl (C=O) groups excluding carboxylic acids is 1. The van der Waals surface area contributed by atoms with Crippen molar-refractivity contribution in [1.29, 1.82) is 0 Å². The van der Waals surface area contributed by atoms with Gasteiger partial charge in [0.25, 0.3) is 0 Å². The maximum absolute atomic E-state index is 13.0. The molecule has 0 radical (unpaired) electrons. The first kappa shape index (κ1) is 61.7. The molecular formula is C53H104N2O7P+. The Labute approximate surface area is 389 Å². The van der Waals surface area contributed by atoms with Gasteiger partial charge in [0, 0.05) is 6.42 Å². The van der Waals surface area contributed by atoms with Crippen LogP contribution in [0.5, 0.6) is 0 Å². The third-order valence-corrected chi connectivity index (χ3v) is 12.9. The molecule has 63 heavy (non-hydrogen) atoms. The van der Waals surface area contributed by atoms with Crippen molar-refractivity contribution in [1.82, 2.24) is 5.32 Å². The summed E-state index contributed by atoms with van der Waals surface area (Å²) in [5, 5.41) is 24.7. The standard InChI is InChI=1S/C53H103N2O7P/c1-6-8-10-12-14-16-18-20-21-22-23-24-25-26-27-28-29-30-31-32-33-34-36-38-40-42-44-46-52(57)54-50(49-62-63(59,60)61-48-47-55(3,4)5)53(58)51(56)45-43-41-39-37-35-19-17-15-13-11-9-7-2/h18,20,22-23,37,39,50-51,53,56,58H,6-17,19,21,24-36,38,40-49H2,1-5H3,(H-,54,57,59,60)/p+1/b20-18-,23-22-,39-37+. The number of phosphoric ester groups is 1. The van der Waals surface area contributed by atoms with E-state index < -0.39 is 32.7 Å². The number of nitrogens with one attached hydrogen (secondary N) is 1. The van der Waals surface area contributed by atoms with Crippen LogP contribution in [0.1, 0.15) is 239 Å². The number of quaternary nitrogens is 1. The van der Waals surface area contributed by atoms with Gasteiger partial charge in [-0.25, -0.2) is 4.57 Å². The summed E-state index contributed by atoms with van der Waals surface area (Å²) >= 11 is 0. The maximum Gasteiger partial charge on any atom is 0.472 e. The Kier molecular flexibility index (Phi) is 43.6. The van der Waals surface area contributed by atoms with Crippen LogP contribution in [0.15, 0.2) is 36.5 Å². The lowest BCUT2D eigenvalue weighted by Crippen LogP contribution is -2.51. The number of nitrogens with zero attached hydrogens (tertiary/aromatic N) is 1. The first-order chi connectivity index (χ1) is 30.4. The van der Waals surface area contributed by atoms with Crippen LogP contribution in [0.4, 0.5) is 0 Å². The summed E-state index contributed by atoms with van der Waals surface area (Å²) in [6, 6.07) is -1.05. The molecule has 0 bridgehead atoms. The van der Waals surface area contributed by atoms with Crippen molar-refractivity contribution < 1.29 is 38.0 Å². The lowest BCUT2D eigenvalue weighted by molar-refractivity contribution is -0.870. The topological polar surface area (TPSA) is 125 Å². The maximum atomic E-state index is 13.0. The van der Waals surface area contributed by atoms with E-state index in [2.05, 4.69) is 55.6 Å². The number of rotatable bonds is 48. The molecule has 0 aliphatic carbocycles. The molecule has 4 unspecified atom stereocenters. The van der Waals surface area contributed by atoms with Crippen molar-refractivity contribution in [2.24, 2.45) is 0 Å². The van der Waals surface area contributed by atoms with Crippen LogP contribution >= 0.6 is 7.82 Å². The molecule has 0 aromatic carbocycles. The quantitative estimate of drug-likeness (QED) is 0.0207. The van der Waals surface area contributed by atoms with Crippen LogP contribution in [-0.2, 0) is 18.4 Å². The predicted molar refractivity (Wildman–Crippen MR) is 269 cm³/mol. The molecule has 10 heteroatoms. The van der Waals surface area contributed by atoms with Gasteiger partial charge in [0.05, 0.1) is 39.9 Å². The van der Waals surface area contributed by atoms with Crippen molar-refractivity contribution in [2.75, 3.05) is 40.9 Å². The number of allylic oxidation sites excluding steroid dienone is 6. The van der Waals surface area contributed by atoms with Gasteiger partial charge in [-0.3, -0.25) is 13.8 Å². The van der Waals surface area contributed by atoms with Gasteiger partial charge in [-0.05, 0) is 70.6 Å². The zero-order chi connectivity index (χ0) is 46.5. The van der Waals surface area contributed by atoms with Crippen LogP contribution < -0.4 is 5.32 Å². The fourth-order valence-corrected chi connectivity index (χ4v) is 8.44. The molecule has 0 fully saturated rings. The summed E-state index contributed by atoms with van der Waals surface area (Å²) in [5.74, 6) is -0.267. The normalized spacial score (nSPS) is 14.9. The van der Waals surface area contributed by atoms with Crippen LogP contribution in [-0.4, -0.2) is 84.6 Å². The van der Waals surface area contributed by atoms with Gasteiger partial charge in [-0.15, -0.1) is 0 Å². The molecule has 0 aliphatic heterocycles. The Morgan fingerprint density at radius 1 is 0.556 bits per heavy atom. The minimum Gasteiger partial charge on any atom is -0.390 e. The van der Waals surface area contributed by atoms with E-state index in [1.807, 2.05) is 21.1 Å². The molecule has 0 rings (SSSR count). The zero-order valence-electron chi connectivity index (χ0n) is 41.9. The van der Waals surface area contributed by atoms with E-state index in [0.717, 1.165) is 38.5 Å².